The zero-order chi connectivity index (χ0) is 33.8. The van der Waals surface area contributed by atoms with Gasteiger partial charge in [0.2, 0.25) is 0 Å². The number of carbonyl (C=O) groups is 1. The van der Waals surface area contributed by atoms with Crippen LogP contribution in [0.3, 0.4) is 0 Å². The summed E-state index contributed by atoms with van der Waals surface area (Å²) in [6, 6.07) is 4.81. The molecule has 2 spiro atoms. The van der Waals surface area contributed by atoms with Crippen LogP contribution in [0.1, 0.15) is 125 Å². The molecule has 0 heterocycles. The molecule has 0 aromatic heterocycles. The smallest absolute Gasteiger partial charge is 0.331 e. The quantitative estimate of drug-likeness (QED) is 0.0684. The maximum atomic E-state index is 13.2. The lowest BCUT2D eigenvalue weighted by atomic mass is 9.41. The summed E-state index contributed by atoms with van der Waals surface area (Å²) >= 11 is 0. The molecule has 1 aromatic rings. The summed E-state index contributed by atoms with van der Waals surface area (Å²) in [6.45, 7) is 16.9. The lowest BCUT2D eigenvalue weighted by Crippen LogP contribution is -2.58. The van der Waals surface area contributed by atoms with E-state index in [1.165, 1.54) is 81.9 Å². The van der Waals surface area contributed by atoms with Crippen LogP contribution in [0.25, 0.3) is 16.5 Å². The SMILES string of the molecule is CC(C)=CCCC(C)C1CCC2(C)C3CCC4C(C)(C)C(OC(=O)/C=C/c5ccc(O)c(OCN=[N+]=[N-])c5)CCC45CC35CCC12C. The Kier molecular flexibility index (Phi) is 8.81. The first kappa shape index (κ1) is 34.0. The van der Waals surface area contributed by atoms with E-state index in [4.69, 9.17) is 15.0 Å². The topological polar surface area (TPSA) is 105 Å². The molecule has 5 aliphatic carbocycles. The Balaban J connectivity index is 1.13. The molecular formula is C40H57N3O4. The standard InChI is InChI=1S/C40H57N3O4/c1-26(2)9-8-10-27(3)29-17-19-38(7)33-15-14-32-36(4,5)34(18-20-39(32)24-40(33,39)22-21-37(29,38)6)47-35(45)16-12-28-11-13-30(44)31(23-28)46-25-42-43-41/h9,11-13,16,23,27,29,32-34,44H,8,10,14-15,17-22,24-25H2,1-7H3/b16-12+. The highest BCUT2D eigenvalue weighted by Gasteiger charge is 2.82. The lowest BCUT2D eigenvalue weighted by Gasteiger charge is -2.63. The zero-order valence-corrected chi connectivity index (χ0v) is 29.8. The van der Waals surface area contributed by atoms with E-state index in [0.717, 1.165) is 24.2 Å². The molecular weight excluding hydrogens is 586 g/mol. The van der Waals surface area contributed by atoms with Crippen LogP contribution in [0.5, 0.6) is 11.5 Å². The molecule has 5 saturated carbocycles. The molecule has 5 fully saturated rings. The molecule has 0 saturated heterocycles. The van der Waals surface area contributed by atoms with E-state index >= 15 is 0 Å². The van der Waals surface area contributed by atoms with Crippen LogP contribution in [-0.4, -0.2) is 23.9 Å². The number of benzene rings is 1. The number of ether oxygens (including phenoxy) is 2. The number of hydrogen-bond donors (Lipinski definition) is 1. The third-order valence-electron chi connectivity index (χ3n) is 15.0. The fraction of sp³-hybridized carbons (Fsp3) is 0.725. The van der Waals surface area contributed by atoms with Crippen LogP contribution in [0.2, 0.25) is 0 Å². The van der Waals surface area contributed by atoms with Crippen molar-refractivity contribution in [3.8, 4) is 11.5 Å². The molecule has 1 aromatic carbocycles. The van der Waals surface area contributed by atoms with Gasteiger partial charge in [-0.2, -0.15) is 0 Å². The number of allylic oxidation sites excluding steroid dienone is 2. The molecule has 7 heteroatoms. The van der Waals surface area contributed by atoms with Gasteiger partial charge in [-0.25, -0.2) is 4.79 Å². The second-order valence-electron chi connectivity index (χ2n) is 17.3. The summed E-state index contributed by atoms with van der Waals surface area (Å²) in [5, 5.41) is 13.4. The van der Waals surface area contributed by atoms with Gasteiger partial charge in [-0.3, -0.25) is 0 Å². The van der Waals surface area contributed by atoms with Crippen molar-refractivity contribution in [2.24, 2.45) is 55.9 Å². The van der Waals surface area contributed by atoms with E-state index in [2.05, 4.69) is 64.6 Å². The Hall–Kier alpha value is -2.92. The minimum atomic E-state index is -0.334. The predicted molar refractivity (Wildman–Crippen MR) is 186 cm³/mol. The Morgan fingerprint density at radius 2 is 1.79 bits per heavy atom. The van der Waals surface area contributed by atoms with Crippen molar-refractivity contribution < 1.29 is 19.4 Å². The normalized spacial score (nSPS) is 38.5. The first-order valence-electron chi connectivity index (χ1n) is 18.2. The molecule has 0 amide bonds. The second-order valence-corrected chi connectivity index (χ2v) is 17.3. The largest absolute Gasteiger partial charge is 0.504 e. The fourth-order valence-corrected chi connectivity index (χ4v) is 12.6. The van der Waals surface area contributed by atoms with Crippen molar-refractivity contribution >= 4 is 12.0 Å². The van der Waals surface area contributed by atoms with Gasteiger partial charge in [0.05, 0.1) is 0 Å². The Morgan fingerprint density at radius 3 is 2.53 bits per heavy atom. The first-order chi connectivity index (χ1) is 22.2. The number of phenols is 1. The molecule has 6 rings (SSSR count). The molecule has 0 radical (unpaired) electrons. The minimum Gasteiger partial charge on any atom is -0.504 e. The number of nitrogens with zero attached hydrogens (tertiary/aromatic N) is 3. The second kappa shape index (κ2) is 12.2. The molecule has 0 aliphatic heterocycles. The maximum Gasteiger partial charge on any atom is 0.331 e. The van der Waals surface area contributed by atoms with Crippen molar-refractivity contribution in [3.63, 3.8) is 0 Å². The first-order valence-corrected chi connectivity index (χ1v) is 18.2. The van der Waals surface area contributed by atoms with E-state index in [-0.39, 0.29) is 35.7 Å². The Bertz CT molecular complexity index is 1490. The summed E-state index contributed by atoms with van der Waals surface area (Å²) in [5.74, 6) is 2.83. The van der Waals surface area contributed by atoms with Gasteiger partial charge in [0, 0.05) is 16.4 Å². The van der Waals surface area contributed by atoms with Gasteiger partial charge in [0.25, 0.3) is 0 Å². The average molecular weight is 644 g/mol. The monoisotopic (exact) mass is 643 g/mol. The minimum absolute atomic E-state index is 0.0580. The molecule has 9 atom stereocenters. The number of carbonyl (C=O) groups excluding carboxylic acids is 1. The van der Waals surface area contributed by atoms with Gasteiger partial charge < -0.3 is 14.6 Å². The van der Waals surface area contributed by atoms with Crippen LogP contribution < -0.4 is 4.74 Å². The molecule has 0 bridgehead atoms. The van der Waals surface area contributed by atoms with E-state index in [1.54, 1.807) is 18.2 Å². The molecule has 7 nitrogen and oxygen atoms in total. The van der Waals surface area contributed by atoms with E-state index < -0.39 is 0 Å². The summed E-state index contributed by atoms with van der Waals surface area (Å²) in [6.07, 6.45) is 19.7. The number of phenolic OH excluding ortho intramolecular Hbond substituents is 1. The molecule has 47 heavy (non-hydrogen) atoms. The number of aromatic hydroxyl groups is 1. The van der Waals surface area contributed by atoms with Gasteiger partial charge in [0.1, 0.15) is 6.10 Å². The number of hydrogen-bond acceptors (Lipinski definition) is 5. The van der Waals surface area contributed by atoms with Crippen molar-refractivity contribution in [1.82, 2.24) is 0 Å². The van der Waals surface area contributed by atoms with E-state index in [1.807, 2.05) is 0 Å². The van der Waals surface area contributed by atoms with Gasteiger partial charge in [0.15, 0.2) is 18.2 Å². The summed E-state index contributed by atoms with van der Waals surface area (Å²) in [7, 11) is 0. The highest BCUT2D eigenvalue weighted by Crippen LogP contribution is 2.89. The summed E-state index contributed by atoms with van der Waals surface area (Å²) in [4.78, 5) is 15.8. The van der Waals surface area contributed by atoms with Gasteiger partial charge in [-0.1, -0.05) is 57.4 Å². The van der Waals surface area contributed by atoms with Crippen LogP contribution >= 0.6 is 0 Å². The lowest BCUT2D eigenvalue weighted by molar-refractivity contribution is -0.179. The van der Waals surface area contributed by atoms with Gasteiger partial charge >= 0.3 is 5.97 Å². The third-order valence-corrected chi connectivity index (χ3v) is 15.0. The van der Waals surface area contributed by atoms with Crippen LogP contribution in [0, 0.1) is 50.7 Å². The number of fused-ring (bicyclic) bond motifs is 2. The number of rotatable bonds is 10. The van der Waals surface area contributed by atoms with E-state index in [9.17, 15) is 9.90 Å². The van der Waals surface area contributed by atoms with Crippen molar-refractivity contribution in [3.05, 3.63) is 51.9 Å². The molecule has 5 aliphatic rings. The van der Waals surface area contributed by atoms with Crippen LogP contribution in [0.4, 0.5) is 0 Å². The van der Waals surface area contributed by atoms with Crippen LogP contribution in [-0.2, 0) is 9.53 Å². The molecule has 1 N–H and O–H groups in total. The van der Waals surface area contributed by atoms with E-state index in [0.29, 0.717) is 33.1 Å². The zero-order valence-electron chi connectivity index (χ0n) is 29.8. The highest BCUT2D eigenvalue weighted by atomic mass is 16.5. The number of azide groups is 1. The van der Waals surface area contributed by atoms with Crippen LogP contribution in [0.15, 0.2) is 41.0 Å². The van der Waals surface area contributed by atoms with Crippen molar-refractivity contribution in [2.45, 2.75) is 125 Å². The average Bonchev–Trinajstić information content (AvgIpc) is 3.60. The van der Waals surface area contributed by atoms with Gasteiger partial charge in [-0.05, 0) is 159 Å². The summed E-state index contributed by atoms with van der Waals surface area (Å²) in [5.41, 5.74) is 12.3. The van der Waals surface area contributed by atoms with Gasteiger partial charge in [-0.15, -0.1) is 0 Å². The highest BCUT2D eigenvalue weighted by molar-refractivity contribution is 5.87. The Morgan fingerprint density at radius 1 is 1.04 bits per heavy atom. The third kappa shape index (κ3) is 5.40. The summed E-state index contributed by atoms with van der Waals surface area (Å²) < 4.78 is 11.6. The molecule has 9 unspecified atom stereocenters. The van der Waals surface area contributed by atoms with Crippen molar-refractivity contribution in [2.75, 3.05) is 6.73 Å². The predicted octanol–water partition coefficient (Wildman–Crippen LogP) is 10.8. The van der Waals surface area contributed by atoms with Crippen molar-refractivity contribution in [1.29, 1.82) is 0 Å². The Labute approximate surface area is 282 Å². The molecule has 256 valence electrons. The fourth-order valence-electron chi connectivity index (χ4n) is 12.6. The number of esters is 1. The maximum absolute atomic E-state index is 13.2.